The summed E-state index contributed by atoms with van der Waals surface area (Å²) in [6, 6.07) is 5.93. The monoisotopic (exact) mass is 295 g/mol. The van der Waals surface area contributed by atoms with Crippen molar-refractivity contribution in [2.75, 3.05) is 5.73 Å². The lowest BCUT2D eigenvalue weighted by Gasteiger charge is -2.03. The van der Waals surface area contributed by atoms with Gasteiger partial charge in [0, 0.05) is 23.7 Å². The summed E-state index contributed by atoms with van der Waals surface area (Å²) in [7, 11) is 0. The van der Waals surface area contributed by atoms with Gasteiger partial charge in [0.1, 0.15) is 5.52 Å². The number of imidazole rings is 1. The molecule has 4 rings (SSSR count). The molecule has 3 heterocycles. The van der Waals surface area contributed by atoms with Gasteiger partial charge in [-0.15, -0.1) is 0 Å². The summed E-state index contributed by atoms with van der Waals surface area (Å²) in [6.07, 6.45) is 5.61. The summed E-state index contributed by atoms with van der Waals surface area (Å²) < 4.78 is 7.23. The molecule has 4 aromatic rings. The van der Waals surface area contributed by atoms with E-state index in [-0.39, 0.29) is 6.01 Å². The molecule has 0 aliphatic carbocycles. The first-order valence-electron chi connectivity index (χ1n) is 7.17. The van der Waals surface area contributed by atoms with Crippen LogP contribution in [0, 0.1) is 6.92 Å². The first-order chi connectivity index (χ1) is 10.7. The van der Waals surface area contributed by atoms with E-state index in [1.807, 2.05) is 49.6 Å². The smallest absolute Gasteiger partial charge is 0.292 e. The summed E-state index contributed by atoms with van der Waals surface area (Å²) in [5.74, 6) is 0.693. The number of nitrogen functional groups attached to an aromatic ring is 1. The Morgan fingerprint density at radius 1 is 1.09 bits per heavy atom. The fraction of sp³-hybridized carbons (Fsp3) is 0.188. The number of benzene rings is 1. The van der Waals surface area contributed by atoms with Crippen molar-refractivity contribution in [3.05, 3.63) is 42.5 Å². The van der Waals surface area contributed by atoms with E-state index in [4.69, 9.17) is 10.2 Å². The van der Waals surface area contributed by atoms with Gasteiger partial charge in [-0.3, -0.25) is 4.40 Å². The number of nitrogens with two attached hydrogens (primary N) is 1. The van der Waals surface area contributed by atoms with Crippen molar-refractivity contribution in [3.8, 4) is 11.1 Å². The molecule has 1 aromatic carbocycles. The molecule has 22 heavy (non-hydrogen) atoms. The van der Waals surface area contributed by atoms with Gasteiger partial charge in [-0.2, -0.15) is 4.98 Å². The van der Waals surface area contributed by atoms with Crippen LogP contribution in [0.1, 0.15) is 19.5 Å². The van der Waals surface area contributed by atoms with Crippen LogP contribution in [-0.4, -0.2) is 19.4 Å². The van der Waals surface area contributed by atoms with E-state index < -0.39 is 0 Å². The van der Waals surface area contributed by atoms with Crippen LogP contribution in [0.5, 0.6) is 0 Å². The number of anilines is 1. The van der Waals surface area contributed by atoms with E-state index in [0.29, 0.717) is 11.4 Å². The summed E-state index contributed by atoms with van der Waals surface area (Å²) >= 11 is 0. The second-order valence-corrected chi connectivity index (χ2v) is 4.65. The fourth-order valence-electron chi connectivity index (χ4n) is 2.26. The van der Waals surface area contributed by atoms with Crippen LogP contribution in [0.2, 0.25) is 0 Å². The molecule has 0 aliphatic heterocycles. The lowest BCUT2D eigenvalue weighted by molar-refractivity contribution is 0.626. The molecule has 0 amide bonds. The topological polar surface area (TPSA) is 82.2 Å². The van der Waals surface area contributed by atoms with Crippen LogP contribution in [0.4, 0.5) is 6.01 Å². The molecule has 0 radical (unpaired) electrons. The van der Waals surface area contributed by atoms with Crippen molar-refractivity contribution in [1.82, 2.24) is 19.4 Å². The van der Waals surface area contributed by atoms with Crippen molar-refractivity contribution in [2.45, 2.75) is 20.8 Å². The minimum atomic E-state index is 0.177. The fourth-order valence-corrected chi connectivity index (χ4v) is 2.26. The van der Waals surface area contributed by atoms with Crippen molar-refractivity contribution >= 4 is 22.9 Å². The number of hydrogen-bond donors (Lipinski definition) is 1. The normalized spacial score (nSPS) is 10.7. The van der Waals surface area contributed by atoms with E-state index in [1.165, 1.54) is 0 Å². The molecule has 0 fully saturated rings. The zero-order valence-electron chi connectivity index (χ0n) is 12.7. The van der Waals surface area contributed by atoms with Gasteiger partial charge < -0.3 is 10.2 Å². The van der Waals surface area contributed by atoms with Gasteiger partial charge >= 0.3 is 0 Å². The maximum Gasteiger partial charge on any atom is 0.292 e. The van der Waals surface area contributed by atoms with Gasteiger partial charge in [-0.25, -0.2) is 9.97 Å². The second-order valence-electron chi connectivity index (χ2n) is 4.65. The number of fused-ring (bicyclic) bond motifs is 2. The Balaban J connectivity index is 0.000000693. The van der Waals surface area contributed by atoms with Crippen LogP contribution in [0.15, 0.2) is 41.2 Å². The van der Waals surface area contributed by atoms with Gasteiger partial charge in [0.05, 0.1) is 6.20 Å². The molecule has 0 unspecified atom stereocenters. The molecule has 6 nitrogen and oxygen atoms in total. The second kappa shape index (κ2) is 5.48. The SMILES string of the molecule is CC.Cc1cnc2ncc(-c3ccc4oc(N)nc4c3)cn12. The molecule has 0 atom stereocenters. The zero-order valence-corrected chi connectivity index (χ0v) is 12.7. The minimum absolute atomic E-state index is 0.177. The first-order valence-corrected chi connectivity index (χ1v) is 7.17. The van der Waals surface area contributed by atoms with Crippen LogP contribution in [-0.2, 0) is 0 Å². The van der Waals surface area contributed by atoms with E-state index in [0.717, 1.165) is 22.3 Å². The van der Waals surface area contributed by atoms with Gasteiger partial charge in [0.2, 0.25) is 5.78 Å². The number of aryl methyl sites for hydroxylation is 1. The molecule has 0 aliphatic rings. The molecular weight excluding hydrogens is 278 g/mol. The highest BCUT2D eigenvalue weighted by molar-refractivity contribution is 5.81. The lowest BCUT2D eigenvalue weighted by Crippen LogP contribution is -1.92. The molecule has 0 saturated heterocycles. The van der Waals surface area contributed by atoms with Crippen LogP contribution >= 0.6 is 0 Å². The van der Waals surface area contributed by atoms with Gasteiger partial charge in [-0.05, 0) is 24.6 Å². The standard InChI is InChI=1S/C14H11N5O.C2H6/c1-8-5-16-14-17-6-10(7-19(8)14)9-2-3-12-11(4-9)18-13(15)20-12;1-2/h2-7H,1H3,(H2,15,18);1-2H3. The maximum absolute atomic E-state index is 5.56. The zero-order chi connectivity index (χ0) is 15.7. The van der Waals surface area contributed by atoms with Crippen LogP contribution < -0.4 is 5.73 Å². The molecular formula is C16H17N5O. The molecule has 0 spiro atoms. The molecule has 0 saturated carbocycles. The van der Waals surface area contributed by atoms with Gasteiger partial charge in [0.25, 0.3) is 6.01 Å². The average Bonchev–Trinajstić information content (AvgIpc) is 3.10. The Bertz CT molecular complexity index is 938. The highest BCUT2D eigenvalue weighted by Gasteiger charge is 2.07. The summed E-state index contributed by atoms with van der Waals surface area (Å²) in [5.41, 5.74) is 10.0. The predicted molar refractivity (Wildman–Crippen MR) is 86.5 cm³/mol. The van der Waals surface area contributed by atoms with Crippen molar-refractivity contribution in [2.24, 2.45) is 0 Å². The van der Waals surface area contributed by atoms with E-state index in [2.05, 4.69) is 15.0 Å². The number of hydrogen-bond acceptors (Lipinski definition) is 5. The molecule has 0 bridgehead atoms. The highest BCUT2D eigenvalue weighted by atomic mass is 16.4. The number of nitrogens with zero attached hydrogens (tertiary/aromatic N) is 4. The molecule has 3 aromatic heterocycles. The summed E-state index contributed by atoms with van der Waals surface area (Å²) in [5, 5.41) is 0. The van der Waals surface area contributed by atoms with Crippen molar-refractivity contribution < 1.29 is 4.42 Å². The molecule has 2 N–H and O–H groups in total. The summed E-state index contributed by atoms with van der Waals surface area (Å²) in [6.45, 7) is 5.99. The average molecular weight is 295 g/mol. The Kier molecular flexibility index (Phi) is 3.50. The molecule has 112 valence electrons. The third-order valence-corrected chi connectivity index (χ3v) is 3.29. The quantitative estimate of drug-likeness (QED) is 0.581. The first kappa shape index (κ1) is 14.1. The van der Waals surface area contributed by atoms with E-state index in [9.17, 15) is 0 Å². The lowest BCUT2D eigenvalue weighted by atomic mass is 10.1. The predicted octanol–water partition coefficient (Wildman–Crippen LogP) is 3.45. The Morgan fingerprint density at radius 2 is 1.86 bits per heavy atom. The largest absolute Gasteiger partial charge is 0.424 e. The van der Waals surface area contributed by atoms with E-state index >= 15 is 0 Å². The minimum Gasteiger partial charge on any atom is -0.424 e. The third kappa shape index (κ3) is 2.28. The number of rotatable bonds is 1. The number of oxazole rings is 1. The van der Waals surface area contributed by atoms with Crippen LogP contribution in [0.25, 0.3) is 28.0 Å². The third-order valence-electron chi connectivity index (χ3n) is 3.29. The Morgan fingerprint density at radius 3 is 2.68 bits per heavy atom. The van der Waals surface area contributed by atoms with Crippen LogP contribution in [0.3, 0.4) is 0 Å². The Labute approximate surface area is 127 Å². The summed E-state index contributed by atoms with van der Waals surface area (Å²) in [4.78, 5) is 12.7. The van der Waals surface area contributed by atoms with Crippen molar-refractivity contribution in [1.29, 1.82) is 0 Å². The van der Waals surface area contributed by atoms with E-state index in [1.54, 1.807) is 12.4 Å². The van der Waals surface area contributed by atoms with Crippen molar-refractivity contribution in [3.63, 3.8) is 0 Å². The van der Waals surface area contributed by atoms with Gasteiger partial charge in [0.15, 0.2) is 5.58 Å². The Hall–Kier alpha value is -2.89. The number of aromatic nitrogens is 4. The maximum atomic E-state index is 5.56. The molecule has 6 heteroatoms. The highest BCUT2D eigenvalue weighted by Crippen LogP contribution is 2.25. The van der Waals surface area contributed by atoms with Gasteiger partial charge in [-0.1, -0.05) is 19.9 Å².